The van der Waals surface area contributed by atoms with Gasteiger partial charge in [0.25, 0.3) is 0 Å². The molecule has 2 nitrogen and oxygen atoms in total. The van der Waals surface area contributed by atoms with Crippen molar-refractivity contribution >= 4 is 5.78 Å². The van der Waals surface area contributed by atoms with Gasteiger partial charge in [-0.1, -0.05) is 19.4 Å². The van der Waals surface area contributed by atoms with Gasteiger partial charge in [0.2, 0.25) is 0 Å². The Kier molecular flexibility index (Phi) is 2.62. The zero-order chi connectivity index (χ0) is 10.2. The highest BCUT2D eigenvalue weighted by atomic mass is 16.3. The molecule has 0 unspecified atom stereocenters. The van der Waals surface area contributed by atoms with Gasteiger partial charge in [-0.3, -0.25) is 4.79 Å². The van der Waals surface area contributed by atoms with Gasteiger partial charge >= 0.3 is 0 Å². The van der Waals surface area contributed by atoms with Crippen LogP contribution in [0.4, 0.5) is 0 Å². The maximum atomic E-state index is 11.6. The summed E-state index contributed by atoms with van der Waals surface area (Å²) >= 11 is 0. The van der Waals surface area contributed by atoms with Crippen molar-refractivity contribution in [2.75, 3.05) is 0 Å². The lowest BCUT2D eigenvalue weighted by molar-refractivity contribution is -0.127. The Balaban J connectivity index is 3.01. The fourth-order valence-corrected chi connectivity index (χ4v) is 2.49. The lowest BCUT2D eigenvalue weighted by Crippen LogP contribution is -2.40. The van der Waals surface area contributed by atoms with Crippen molar-refractivity contribution in [2.45, 2.75) is 40.2 Å². The number of carbonyl (C=O) groups is 1. The minimum absolute atomic E-state index is 0.0729. The van der Waals surface area contributed by atoms with Crippen molar-refractivity contribution in [1.82, 2.24) is 0 Å². The van der Waals surface area contributed by atoms with Gasteiger partial charge in [-0.25, -0.2) is 0 Å². The van der Waals surface area contributed by atoms with Crippen LogP contribution in [0.1, 0.15) is 34.1 Å². The van der Waals surface area contributed by atoms with Crippen LogP contribution in [-0.2, 0) is 4.79 Å². The van der Waals surface area contributed by atoms with Crippen LogP contribution in [0.3, 0.4) is 0 Å². The summed E-state index contributed by atoms with van der Waals surface area (Å²) < 4.78 is 0. The quantitative estimate of drug-likeness (QED) is 0.672. The molecule has 1 N–H and O–H groups in total. The van der Waals surface area contributed by atoms with E-state index in [-0.39, 0.29) is 17.1 Å². The minimum Gasteiger partial charge on any atom is -0.393 e. The van der Waals surface area contributed by atoms with Gasteiger partial charge in [0.05, 0.1) is 12.0 Å². The molecule has 13 heavy (non-hydrogen) atoms. The lowest BCUT2D eigenvalue weighted by Gasteiger charge is -2.38. The second-order valence-corrected chi connectivity index (χ2v) is 4.78. The lowest BCUT2D eigenvalue weighted by atomic mass is 9.67. The first-order chi connectivity index (χ1) is 5.84. The molecule has 0 aliphatic heterocycles. The monoisotopic (exact) mass is 182 g/mol. The molecule has 0 radical (unpaired) electrons. The van der Waals surface area contributed by atoms with Crippen molar-refractivity contribution in [3.8, 4) is 0 Å². The second kappa shape index (κ2) is 3.26. The normalized spacial score (nSPS) is 29.8. The summed E-state index contributed by atoms with van der Waals surface area (Å²) in [5.74, 6) is -0.167. The Morgan fingerprint density at radius 2 is 2.15 bits per heavy atom. The molecule has 74 valence electrons. The van der Waals surface area contributed by atoms with E-state index in [1.165, 1.54) is 0 Å². The van der Waals surface area contributed by atoms with E-state index in [0.717, 1.165) is 12.0 Å². The molecule has 0 saturated carbocycles. The SMILES string of the molecule is CC1=CC(=O)[C@@H]([C@@H](C)O)C(C)(C)C1. The smallest absolute Gasteiger partial charge is 0.161 e. The van der Waals surface area contributed by atoms with Crippen LogP contribution < -0.4 is 0 Å². The van der Waals surface area contributed by atoms with Crippen LogP contribution in [0.25, 0.3) is 0 Å². The molecule has 0 bridgehead atoms. The van der Waals surface area contributed by atoms with Crippen molar-refractivity contribution < 1.29 is 9.90 Å². The summed E-state index contributed by atoms with van der Waals surface area (Å²) in [5, 5.41) is 9.52. The zero-order valence-electron chi connectivity index (χ0n) is 8.79. The molecule has 2 atom stereocenters. The van der Waals surface area contributed by atoms with Gasteiger partial charge in [-0.2, -0.15) is 0 Å². The van der Waals surface area contributed by atoms with Crippen LogP contribution in [0.2, 0.25) is 0 Å². The first kappa shape index (κ1) is 10.5. The molecule has 0 aromatic rings. The Morgan fingerprint density at radius 3 is 2.54 bits per heavy atom. The number of carbonyl (C=O) groups excluding carboxylic acids is 1. The number of aliphatic hydroxyl groups is 1. The first-order valence-corrected chi connectivity index (χ1v) is 4.73. The Labute approximate surface area is 79.6 Å². The summed E-state index contributed by atoms with van der Waals surface area (Å²) in [7, 11) is 0. The number of allylic oxidation sites excluding steroid dienone is 2. The van der Waals surface area contributed by atoms with E-state index < -0.39 is 6.10 Å². The highest BCUT2D eigenvalue weighted by Gasteiger charge is 2.40. The average Bonchev–Trinajstić information content (AvgIpc) is 1.78. The summed E-state index contributed by atoms with van der Waals surface area (Å²) in [4.78, 5) is 11.6. The molecule has 1 rings (SSSR count). The number of aliphatic hydroxyl groups excluding tert-OH is 1. The van der Waals surface area contributed by atoms with Crippen molar-refractivity contribution in [1.29, 1.82) is 0 Å². The van der Waals surface area contributed by atoms with Crippen LogP contribution >= 0.6 is 0 Å². The Bertz CT molecular complexity index is 249. The van der Waals surface area contributed by atoms with Crippen molar-refractivity contribution in [3.63, 3.8) is 0 Å². The van der Waals surface area contributed by atoms with E-state index in [4.69, 9.17) is 0 Å². The number of ketones is 1. The molecule has 0 saturated heterocycles. The molecule has 1 aliphatic rings. The zero-order valence-corrected chi connectivity index (χ0v) is 8.79. The molecule has 0 aromatic carbocycles. The number of hydrogen-bond acceptors (Lipinski definition) is 2. The predicted molar refractivity (Wildman–Crippen MR) is 52.3 cm³/mol. The maximum absolute atomic E-state index is 11.6. The van der Waals surface area contributed by atoms with Gasteiger partial charge in [-0.05, 0) is 31.8 Å². The van der Waals surface area contributed by atoms with E-state index in [0.29, 0.717) is 0 Å². The van der Waals surface area contributed by atoms with Gasteiger partial charge in [0.1, 0.15) is 0 Å². The minimum atomic E-state index is -0.549. The van der Waals surface area contributed by atoms with Crippen LogP contribution in [0, 0.1) is 11.3 Å². The van der Waals surface area contributed by atoms with Crippen LogP contribution in [-0.4, -0.2) is 17.0 Å². The third-order valence-corrected chi connectivity index (χ3v) is 2.75. The first-order valence-electron chi connectivity index (χ1n) is 4.73. The molecule has 0 fully saturated rings. The highest BCUT2D eigenvalue weighted by molar-refractivity contribution is 5.94. The second-order valence-electron chi connectivity index (χ2n) is 4.78. The summed E-state index contributed by atoms with van der Waals surface area (Å²) in [5.41, 5.74) is 1.01. The molecule has 1 aliphatic carbocycles. The molecule has 0 heterocycles. The number of rotatable bonds is 1. The summed E-state index contributed by atoms with van der Waals surface area (Å²) in [6, 6.07) is 0. The molecule has 2 heteroatoms. The Morgan fingerprint density at radius 1 is 1.62 bits per heavy atom. The van der Waals surface area contributed by atoms with Crippen LogP contribution in [0.15, 0.2) is 11.6 Å². The summed E-state index contributed by atoms with van der Waals surface area (Å²) in [6.07, 6.45) is 2.02. The fraction of sp³-hybridized carbons (Fsp3) is 0.727. The average molecular weight is 182 g/mol. The Hall–Kier alpha value is -0.630. The van der Waals surface area contributed by atoms with E-state index in [1.807, 2.05) is 20.8 Å². The molecular weight excluding hydrogens is 164 g/mol. The van der Waals surface area contributed by atoms with Gasteiger partial charge in [0.15, 0.2) is 5.78 Å². The standard InChI is InChI=1S/C11H18O2/c1-7-5-9(13)10(8(2)12)11(3,4)6-7/h5,8,10,12H,6H2,1-4H3/t8-,10-/m1/s1. The van der Waals surface area contributed by atoms with Gasteiger partial charge in [0, 0.05) is 0 Å². The van der Waals surface area contributed by atoms with Crippen molar-refractivity contribution in [2.24, 2.45) is 11.3 Å². The topological polar surface area (TPSA) is 37.3 Å². The summed E-state index contributed by atoms with van der Waals surface area (Å²) in [6.45, 7) is 7.74. The van der Waals surface area contributed by atoms with E-state index in [9.17, 15) is 9.90 Å². The highest BCUT2D eigenvalue weighted by Crippen LogP contribution is 2.40. The predicted octanol–water partition coefficient (Wildman–Crippen LogP) is 1.93. The maximum Gasteiger partial charge on any atom is 0.161 e. The molecular formula is C11H18O2. The molecule has 0 spiro atoms. The van der Waals surface area contributed by atoms with E-state index >= 15 is 0 Å². The van der Waals surface area contributed by atoms with Gasteiger partial charge < -0.3 is 5.11 Å². The fourth-order valence-electron chi connectivity index (χ4n) is 2.49. The molecule has 0 amide bonds. The third-order valence-electron chi connectivity index (χ3n) is 2.75. The third kappa shape index (κ3) is 1.99. The van der Waals surface area contributed by atoms with E-state index in [2.05, 4.69) is 0 Å². The number of hydrogen-bond donors (Lipinski definition) is 1. The van der Waals surface area contributed by atoms with E-state index in [1.54, 1.807) is 13.0 Å². The van der Waals surface area contributed by atoms with Crippen molar-refractivity contribution in [3.05, 3.63) is 11.6 Å². The largest absolute Gasteiger partial charge is 0.393 e. The molecule has 0 aromatic heterocycles. The van der Waals surface area contributed by atoms with Gasteiger partial charge in [-0.15, -0.1) is 0 Å². The van der Waals surface area contributed by atoms with Crippen LogP contribution in [0.5, 0.6) is 0 Å².